The van der Waals surface area contributed by atoms with Gasteiger partial charge in [0.1, 0.15) is 4.83 Å². The first-order chi connectivity index (χ1) is 14.2. The quantitative estimate of drug-likeness (QED) is 0.675. The minimum atomic E-state index is -0.0519. The molecule has 1 amide bonds. The molecular formula is C22H26N4O2S. The Morgan fingerprint density at radius 2 is 2.03 bits per heavy atom. The van der Waals surface area contributed by atoms with Crippen molar-refractivity contribution < 1.29 is 9.53 Å². The Kier molecular flexibility index (Phi) is 6.39. The summed E-state index contributed by atoms with van der Waals surface area (Å²) in [6.45, 7) is 4.24. The number of carbonyl (C=O) groups excluding carboxylic acids is 1. The number of fused-ring (bicyclic) bond motifs is 1. The summed E-state index contributed by atoms with van der Waals surface area (Å²) in [4.78, 5) is 21.0. The normalized spacial score (nSPS) is 15.4. The van der Waals surface area contributed by atoms with Crippen molar-refractivity contribution in [1.29, 1.82) is 0 Å². The molecule has 0 saturated carbocycles. The average Bonchev–Trinajstić information content (AvgIpc) is 3.06. The van der Waals surface area contributed by atoms with Gasteiger partial charge in [0, 0.05) is 50.6 Å². The fourth-order valence-electron chi connectivity index (χ4n) is 3.56. The molecule has 29 heavy (non-hydrogen) atoms. The van der Waals surface area contributed by atoms with Crippen molar-refractivity contribution in [3.05, 3.63) is 59.1 Å². The number of pyridine rings is 1. The van der Waals surface area contributed by atoms with Gasteiger partial charge in [-0.05, 0) is 42.7 Å². The second-order valence-electron chi connectivity index (χ2n) is 7.19. The molecule has 0 aliphatic carbocycles. The van der Waals surface area contributed by atoms with Crippen molar-refractivity contribution in [3.63, 3.8) is 0 Å². The van der Waals surface area contributed by atoms with Gasteiger partial charge in [-0.1, -0.05) is 18.2 Å². The lowest BCUT2D eigenvalue weighted by molar-refractivity contribution is 0.0804. The Hall–Kier alpha value is -2.48. The first-order valence-electron chi connectivity index (χ1n) is 9.96. The zero-order chi connectivity index (χ0) is 20.1. The lowest BCUT2D eigenvalue weighted by Crippen LogP contribution is -2.44. The van der Waals surface area contributed by atoms with E-state index < -0.39 is 0 Å². The number of carbonyl (C=O) groups is 1. The third-order valence-electron chi connectivity index (χ3n) is 5.17. The first-order valence-corrected chi connectivity index (χ1v) is 10.8. The fourth-order valence-corrected chi connectivity index (χ4v) is 4.46. The number of nitrogens with one attached hydrogen (secondary N) is 1. The molecule has 152 valence electrons. The molecule has 0 spiro atoms. The van der Waals surface area contributed by atoms with Gasteiger partial charge in [-0.2, -0.15) is 0 Å². The van der Waals surface area contributed by atoms with Crippen LogP contribution in [0.3, 0.4) is 0 Å². The summed E-state index contributed by atoms with van der Waals surface area (Å²) in [5.41, 5.74) is 5.60. The number of hydrazine groups is 1. The Morgan fingerprint density at radius 3 is 2.83 bits per heavy atom. The van der Waals surface area contributed by atoms with Gasteiger partial charge in [-0.15, -0.1) is 11.3 Å². The van der Waals surface area contributed by atoms with Crippen molar-refractivity contribution in [2.75, 3.05) is 44.8 Å². The lowest BCUT2D eigenvalue weighted by atomic mass is 10.1. The second kappa shape index (κ2) is 9.35. The van der Waals surface area contributed by atoms with Gasteiger partial charge < -0.3 is 9.64 Å². The highest BCUT2D eigenvalue weighted by molar-refractivity contribution is 7.20. The first kappa shape index (κ1) is 19.8. The summed E-state index contributed by atoms with van der Waals surface area (Å²) in [6, 6.07) is 14.5. The van der Waals surface area contributed by atoms with E-state index in [0.29, 0.717) is 4.88 Å². The number of ether oxygens (including phenoxy) is 1. The maximum absolute atomic E-state index is 12.7. The molecule has 0 bridgehead atoms. The standard InChI is InChI=1S/C22H26N4O2S/c1-28-15-9-17-5-7-19(8-6-17)25-11-3-12-26(14-13-25)24-21(27)20-16-18-4-2-10-23-22(18)29-20/h2,4-8,10,16H,3,9,11-15H2,1H3,(H,24,27). The number of anilines is 1. The molecule has 3 aromatic rings. The van der Waals surface area contributed by atoms with E-state index >= 15 is 0 Å². The molecule has 1 saturated heterocycles. The van der Waals surface area contributed by atoms with E-state index in [1.165, 1.54) is 22.6 Å². The Morgan fingerprint density at radius 1 is 1.17 bits per heavy atom. The fraction of sp³-hybridized carbons (Fsp3) is 0.364. The van der Waals surface area contributed by atoms with E-state index in [0.717, 1.165) is 55.8 Å². The zero-order valence-corrected chi connectivity index (χ0v) is 17.5. The Balaban J connectivity index is 1.34. The van der Waals surface area contributed by atoms with Crippen molar-refractivity contribution >= 4 is 33.1 Å². The van der Waals surface area contributed by atoms with Crippen LogP contribution in [0.2, 0.25) is 0 Å². The summed E-state index contributed by atoms with van der Waals surface area (Å²) >= 11 is 1.43. The van der Waals surface area contributed by atoms with Crippen molar-refractivity contribution in [1.82, 2.24) is 15.4 Å². The van der Waals surface area contributed by atoms with Crippen molar-refractivity contribution in [2.24, 2.45) is 0 Å². The van der Waals surface area contributed by atoms with E-state index in [4.69, 9.17) is 4.74 Å². The largest absolute Gasteiger partial charge is 0.384 e. The molecule has 2 aromatic heterocycles. The van der Waals surface area contributed by atoms with E-state index in [1.807, 2.05) is 23.2 Å². The van der Waals surface area contributed by atoms with Gasteiger partial charge in [0.05, 0.1) is 11.5 Å². The number of hydrogen-bond acceptors (Lipinski definition) is 6. The Labute approximate surface area is 175 Å². The maximum atomic E-state index is 12.7. The minimum Gasteiger partial charge on any atom is -0.384 e. The summed E-state index contributed by atoms with van der Waals surface area (Å²) in [6.07, 6.45) is 3.69. The van der Waals surface area contributed by atoms with Crippen LogP contribution in [0.15, 0.2) is 48.7 Å². The third-order valence-corrected chi connectivity index (χ3v) is 6.23. The number of hydrogen-bond donors (Lipinski definition) is 1. The summed E-state index contributed by atoms with van der Waals surface area (Å²) in [5.74, 6) is -0.0519. The molecule has 0 radical (unpaired) electrons. The van der Waals surface area contributed by atoms with Crippen LogP contribution in [-0.4, -0.2) is 55.8 Å². The van der Waals surface area contributed by atoms with Crippen molar-refractivity contribution in [2.45, 2.75) is 12.8 Å². The molecule has 1 aliphatic rings. The van der Waals surface area contributed by atoms with E-state index in [9.17, 15) is 4.79 Å². The molecular weight excluding hydrogens is 384 g/mol. The lowest BCUT2D eigenvalue weighted by Gasteiger charge is -2.24. The van der Waals surface area contributed by atoms with Crippen LogP contribution in [-0.2, 0) is 11.2 Å². The highest BCUT2D eigenvalue weighted by Crippen LogP contribution is 2.23. The molecule has 3 heterocycles. The number of aromatic nitrogens is 1. The third kappa shape index (κ3) is 4.93. The monoisotopic (exact) mass is 410 g/mol. The van der Waals surface area contributed by atoms with Gasteiger partial charge in [0.25, 0.3) is 5.91 Å². The van der Waals surface area contributed by atoms with Crippen LogP contribution in [0.5, 0.6) is 0 Å². The van der Waals surface area contributed by atoms with Crippen LogP contribution >= 0.6 is 11.3 Å². The predicted octanol–water partition coefficient (Wildman–Crippen LogP) is 3.34. The molecule has 6 nitrogen and oxygen atoms in total. The van der Waals surface area contributed by atoms with Gasteiger partial charge >= 0.3 is 0 Å². The van der Waals surface area contributed by atoms with E-state index in [2.05, 4.69) is 39.6 Å². The van der Waals surface area contributed by atoms with Crippen LogP contribution < -0.4 is 10.3 Å². The molecule has 1 aromatic carbocycles. The summed E-state index contributed by atoms with van der Waals surface area (Å²) in [7, 11) is 1.73. The topological polar surface area (TPSA) is 57.7 Å². The number of thiophene rings is 1. The molecule has 1 aliphatic heterocycles. The number of benzene rings is 1. The molecule has 0 atom stereocenters. The van der Waals surface area contributed by atoms with Gasteiger partial charge in [-0.3, -0.25) is 10.2 Å². The molecule has 1 N–H and O–H groups in total. The highest BCUT2D eigenvalue weighted by atomic mass is 32.1. The molecule has 7 heteroatoms. The maximum Gasteiger partial charge on any atom is 0.275 e. The van der Waals surface area contributed by atoms with Gasteiger partial charge in [-0.25, -0.2) is 9.99 Å². The summed E-state index contributed by atoms with van der Waals surface area (Å²) < 4.78 is 5.15. The van der Waals surface area contributed by atoms with Gasteiger partial charge in [0.15, 0.2) is 0 Å². The van der Waals surface area contributed by atoms with Crippen LogP contribution in [0.4, 0.5) is 5.69 Å². The highest BCUT2D eigenvalue weighted by Gasteiger charge is 2.18. The van der Waals surface area contributed by atoms with E-state index in [1.54, 1.807) is 13.3 Å². The number of amides is 1. The van der Waals surface area contributed by atoms with Crippen molar-refractivity contribution in [3.8, 4) is 0 Å². The number of nitrogens with zero attached hydrogens (tertiary/aromatic N) is 3. The van der Waals surface area contributed by atoms with Gasteiger partial charge in [0.2, 0.25) is 0 Å². The minimum absolute atomic E-state index is 0.0519. The van der Waals surface area contributed by atoms with Crippen LogP contribution in [0, 0.1) is 0 Å². The van der Waals surface area contributed by atoms with Crippen LogP contribution in [0.1, 0.15) is 21.7 Å². The summed E-state index contributed by atoms with van der Waals surface area (Å²) in [5, 5.41) is 3.05. The smallest absolute Gasteiger partial charge is 0.275 e. The van der Waals surface area contributed by atoms with E-state index in [-0.39, 0.29) is 5.91 Å². The predicted molar refractivity (Wildman–Crippen MR) is 118 cm³/mol. The molecule has 1 fully saturated rings. The molecule has 4 rings (SSSR count). The number of methoxy groups -OCH3 is 1. The second-order valence-corrected chi connectivity index (χ2v) is 8.22. The van der Waals surface area contributed by atoms with Crippen LogP contribution in [0.25, 0.3) is 10.2 Å². The zero-order valence-electron chi connectivity index (χ0n) is 16.6. The Bertz CT molecular complexity index is 924. The average molecular weight is 411 g/mol. The number of rotatable bonds is 6. The molecule has 0 unspecified atom stereocenters. The SMILES string of the molecule is COCCc1ccc(N2CCCN(NC(=O)c3cc4cccnc4s3)CC2)cc1.